The van der Waals surface area contributed by atoms with E-state index in [2.05, 4.69) is 9.72 Å². The number of carbonyl (C=O) groups is 1. The minimum atomic E-state index is -2.94. The molecule has 0 atom stereocenters. The number of nitrogens with two attached hydrogens (primary N) is 1. The SMILES string of the molecule is COC(=O)c1c(CN)cnc(C(F)F)c1C#N. The van der Waals surface area contributed by atoms with Crippen LogP contribution in [-0.4, -0.2) is 18.1 Å². The van der Waals surface area contributed by atoms with Crippen LogP contribution in [0.25, 0.3) is 0 Å². The van der Waals surface area contributed by atoms with E-state index in [0.29, 0.717) is 0 Å². The van der Waals surface area contributed by atoms with E-state index in [0.717, 1.165) is 13.3 Å². The van der Waals surface area contributed by atoms with Crippen molar-refractivity contribution < 1.29 is 18.3 Å². The van der Waals surface area contributed by atoms with Crippen molar-refractivity contribution in [3.8, 4) is 6.07 Å². The van der Waals surface area contributed by atoms with Crippen LogP contribution in [0.4, 0.5) is 8.78 Å². The normalized spacial score (nSPS) is 10.1. The molecule has 0 spiro atoms. The standard InChI is InChI=1S/C10H9F2N3O2/c1-17-10(16)7-5(2-13)4-15-8(9(11)12)6(7)3-14/h4,9H,2,13H2,1H3. The molecule has 0 saturated heterocycles. The van der Waals surface area contributed by atoms with Gasteiger partial charge < -0.3 is 10.5 Å². The van der Waals surface area contributed by atoms with Gasteiger partial charge in [0.25, 0.3) is 6.43 Å². The molecule has 0 fully saturated rings. The van der Waals surface area contributed by atoms with Gasteiger partial charge in [0.15, 0.2) is 0 Å². The molecule has 0 aliphatic carbocycles. The number of pyridine rings is 1. The van der Waals surface area contributed by atoms with Crippen LogP contribution in [0.5, 0.6) is 0 Å². The first kappa shape index (κ1) is 13.0. The highest BCUT2D eigenvalue weighted by molar-refractivity contribution is 5.94. The molecule has 0 aliphatic rings. The second-order valence-corrected chi connectivity index (χ2v) is 3.03. The first-order valence-electron chi connectivity index (χ1n) is 4.55. The minimum Gasteiger partial charge on any atom is -0.465 e. The summed E-state index contributed by atoms with van der Waals surface area (Å²) in [5.41, 5.74) is 4.06. The fraction of sp³-hybridized carbons (Fsp3) is 0.300. The van der Waals surface area contributed by atoms with E-state index in [-0.39, 0.29) is 17.7 Å². The third kappa shape index (κ3) is 2.37. The molecule has 0 amide bonds. The average molecular weight is 241 g/mol. The molecule has 1 aromatic rings. The molecule has 0 aliphatic heterocycles. The Balaban J connectivity index is 3.56. The summed E-state index contributed by atoms with van der Waals surface area (Å²) in [4.78, 5) is 14.9. The Labute approximate surface area is 95.8 Å². The Kier molecular flexibility index (Phi) is 4.06. The summed E-state index contributed by atoms with van der Waals surface area (Å²) in [6, 6.07) is 1.54. The number of methoxy groups -OCH3 is 1. The molecule has 90 valence electrons. The average Bonchev–Trinajstić information content (AvgIpc) is 2.35. The summed E-state index contributed by atoms with van der Waals surface area (Å²) >= 11 is 0. The predicted molar refractivity (Wildman–Crippen MR) is 53.1 cm³/mol. The van der Waals surface area contributed by atoms with Crippen LogP contribution in [0.1, 0.15) is 33.6 Å². The van der Waals surface area contributed by atoms with Gasteiger partial charge in [0.1, 0.15) is 11.8 Å². The van der Waals surface area contributed by atoms with Gasteiger partial charge in [0.05, 0.1) is 18.2 Å². The Morgan fingerprint density at radius 3 is 2.76 bits per heavy atom. The van der Waals surface area contributed by atoms with Crippen molar-refractivity contribution in [1.82, 2.24) is 4.98 Å². The molecule has 1 aromatic heterocycles. The van der Waals surface area contributed by atoms with Crippen LogP contribution in [0, 0.1) is 11.3 Å². The molecule has 0 bridgehead atoms. The summed E-state index contributed by atoms with van der Waals surface area (Å²) < 4.78 is 29.6. The zero-order valence-corrected chi connectivity index (χ0v) is 8.91. The van der Waals surface area contributed by atoms with Gasteiger partial charge in [-0.15, -0.1) is 0 Å². The van der Waals surface area contributed by atoms with Gasteiger partial charge in [-0.1, -0.05) is 0 Å². The van der Waals surface area contributed by atoms with Crippen molar-refractivity contribution in [2.45, 2.75) is 13.0 Å². The number of aromatic nitrogens is 1. The third-order valence-corrected chi connectivity index (χ3v) is 2.11. The molecule has 0 saturated carbocycles. The Morgan fingerprint density at radius 1 is 1.71 bits per heavy atom. The summed E-state index contributed by atoms with van der Waals surface area (Å²) in [6.45, 7) is -0.102. The van der Waals surface area contributed by atoms with Crippen LogP contribution < -0.4 is 5.73 Å². The zero-order chi connectivity index (χ0) is 13.0. The highest BCUT2D eigenvalue weighted by atomic mass is 19.3. The zero-order valence-electron chi connectivity index (χ0n) is 8.91. The molecule has 0 unspecified atom stereocenters. The maximum Gasteiger partial charge on any atom is 0.339 e. The Hall–Kier alpha value is -2.07. The fourth-order valence-electron chi connectivity index (χ4n) is 1.33. The topological polar surface area (TPSA) is 89.0 Å². The van der Waals surface area contributed by atoms with Crippen molar-refractivity contribution in [3.63, 3.8) is 0 Å². The Morgan fingerprint density at radius 2 is 2.35 bits per heavy atom. The second-order valence-electron chi connectivity index (χ2n) is 3.03. The summed E-state index contributed by atoms with van der Waals surface area (Å²) in [5.74, 6) is -0.883. The summed E-state index contributed by atoms with van der Waals surface area (Å²) in [6.07, 6.45) is -1.89. The van der Waals surface area contributed by atoms with E-state index >= 15 is 0 Å². The predicted octanol–water partition coefficient (Wildman–Crippen LogP) is 1.14. The molecular weight excluding hydrogens is 232 g/mol. The largest absolute Gasteiger partial charge is 0.465 e. The molecule has 0 radical (unpaired) electrons. The summed E-state index contributed by atoms with van der Waals surface area (Å²) in [7, 11) is 1.09. The third-order valence-electron chi connectivity index (χ3n) is 2.11. The molecule has 1 rings (SSSR count). The second kappa shape index (κ2) is 5.32. The van der Waals surface area contributed by atoms with E-state index in [1.807, 2.05) is 0 Å². The molecule has 5 nitrogen and oxygen atoms in total. The van der Waals surface area contributed by atoms with E-state index in [1.165, 1.54) is 6.07 Å². The lowest BCUT2D eigenvalue weighted by Crippen LogP contribution is -2.14. The van der Waals surface area contributed by atoms with Crippen molar-refractivity contribution >= 4 is 5.97 Å². The number of nitrogens with zero attached hydrogens (tertiary/aromatic N) is 2. The minimum absolute atomic E-state index is 0.102. The van der Waals surface area contributed by atoms with Crippen LogP contribution in [0.3, 0.4) is 0 Å². The van der Waals surface area contributed by atoms with E-state index in [9.17, 15) is 13.6 Å². The smallest absolute Gasteiger partial charge is 0.339 e. The number of rotatable bonds is 3. The highest BCUT2D eigenvalue weighted by Crippen LogP contribution is 2.25. The van der Waals surface area contributed by atoms with Crippen LogP contribution in [0.2, 0.25) is 0 Å². The van der Waals surface area contributed by atoms with Gasteiger partial charge in [0, 0.05) is 12.7 Å². The number of ether oxygens (including phenoxy) is 1. The van der Waals surface area contributed by atoms with Crippen LogP contribution >= 0.6 is 0 Å². The van der Waals surface area contributed by atoms with Gasteiger partial charge in [-0.25, -0.2) is 13.6 Å². The number of nitriles is 1. The van der Waals surface area contributed by atoms with E-state index in [1.54, 1.807) is 0 Å². The molecule has 2 N–H and O–H groups in total. The summed E-state index contributed by atoms with van der Waals surface area (Å²) in [5, 5.41) is 8.84. The quantitative estimate of drug-likeness (QED) is 0.801. The van der Waals surface area contributed by atoms with Gasteiger partial charge in [-0.3, -0.25) is 4.98 Å². The lowest BCUT2D eigenvalue weighted by Gasteiger charge is -2.10. The van der Waals surface area contributed by atoms with Crippen molar-refractivity contribution in [2.24, 2.45) is 5.73 Å². The van der Waals surface area contributed by atoms with Crippen molar-refractivity contribution in [1.29, 1.82) is 5.26 Å². The van der Waals surface area contributed by atoms with Gasteiger partial charge in [-0.2, -0.15) is 5.26 Å². The highest BCUT2D eigenvalue weighted by Gasteiger charge is 2.24. The first-order valence-corrected chi connectivity index (χ1v) is 4.55. The lowest BCUT2D eigenvalue weighted by atomic mass is 10.0. The monoisotopic (exact) mass is 241 g/mol. The van der Waals surface area contributed by atoms with Crippen molar-refractivity contribution in [3.05, 3.63) is 28.6 Å². The van der Waals surface area contributed by atoms with Gasteiger partial charge >= 0.3 is 5.97 Å². The number of alkyl halides is 2. The van der Waals surface area contributed by atoms with Crippen LogP contribution in [0.15, 0.2) is 6.20 Å². The molecular formula is C10H9F2N3O2. The van der Waals surface area contributed by atoms with Gasteiger partial charge in [0.2, 0.25) is 0 Å². The first-order chi connectivity index (χ1) is 8.06. The van der Waals surface area contributed by atoms with Crippen LogP contribution in [-0.2, 0) is 11.3 Å². The molecule has 7 heteroatoms. The maximum absolute atomic E-state index is 12.6. The van der Waals surface area contributed by atoms with Crippen molar-refractivity contribution in [2.75, 3.05) is 7.11 Å². The van der Waals surface area contributed by atoms with E-state index in [4.69, 9.17) is 11.0 Å². The maximum atomic E-state index is 12.6. The number of carbonyl (C=O) groups excluding carboxylic acids is 1. The Bertz CT molecular complexity index is 483. The molecule has 17 heavy (non-hydrogen) atoms. The van der Waals surface area contributed by atoms with E-state index < -0.39 is 23.7 Å². The number of esters is 1. The molecule has 0 aromatic carbocycles. The number of hydrogen-bond donors (Lipinski definition) is 1. The number of hydrogen-bond acceptors (Lipinski definition) is 5. The number of halogens is 2. The fourth-order valence-corrected chi connectivity index (χ4v) is 1.33. The lowest BCUT2D eigenvalue weighted by molar-refractivity contribution is 0.0598. The van der Waals surface area contributed by atoms with Gasteiger partial charge in [-0.05, 0) is 5.56 Å². The molecule has 1 heterocycles.